The van der Waals surface area contributed by atoms with Crippen molar-refractivity contribution >= 4 is 6.98 Å². The number of hydrogen-bond acceptors (Lipinski definition) is 2. The van der Waals surface area contributed by atoms with Crippen LogP contribution in [0.4, 0.5) is 12.9 Å². The molecule has 0 radical (unpaired) electrons. The highest BCUT2D eigenvalue weighted by atomic mass is 19.4. The second-order valence-electron chi connectivity index (χ2n) is 4.41. The van der Waals surface area contributed by atoms with Crippen molar-refractivity contribution in [1.82, 2.24) is 9.80 Å². The number of likely N-dealkylation sites (N-methyl/N-ethyl adjacent to an activating group) is 2. The van der Waals surface area contributed by atoms with Gasteiger partial charge in [-0.2, -0.15) is 0 Å². The number of nitrogens with zero attached hydrogens (tertiary/aromatic N) is 2. The molecule has 0 N–H and O–H groups in total. The fourth-order valence-electron chi connectivity index (χ4n) is 1.59. The molecular formula is C10H21BF3N2-. The zero-order valence-electron chi connectivity index (χ0n) is 10.5. The van der Waals surface area contributed by atoms with Crippen LogP contribution in [-0.2, 0) is 0 Å². The van der Waals surface area contributed by atoms with Crippen LogP contribution in [0.25, 0.3) is 0 Å². The molecule has 1 atom stereocenters. The Morgan fingerprint density at radius 2 is 1.81 bits per heavy atom. The van der Waals surface area contributed by atoms with E-state index >= 15 is 0 Å². The molecule has 6 heteroatoms. The summed E-state index contributed by atoms with van der Waals surface area (Å²) in [6, 6.07) is 0.0925. The van der Waals surface area contributed by atoms with Gasteiger partial charge in [-0.15, -0.1) is 12.1 Å². The zero-order chi connectivity index (χ0) is 12.9. The van der Waals surface area contributed by atoms with Crippen molar-refractivity contribution < 1.29 is 12.9 Å². The van der Waals surface area contributed by atoms with E-state index in [4.69, 9.17) is 0 Å². The summed E-state index contributed by atoms with van der Waals surface area (Å²) in [6.45, 7) is 3.26. The Hall–Kier alpha value is -0.485. The third-order valence-electron chi connectivity index (χ3n) is 2.53. The summed E-state index contributed by atoms with van der Waals surface area (Å²) < 4.78 is 37.2. The molecule has 0 heterocycles. The van der Waals surface area contributed by atoms with Gasteiger partial charge in [0.1, 0.15) is 0 Å². The van der Waals surface area contributed by atoms with E-state index in [1.54, 1.807) is 4.90 Å². The minimum Gasteiger partial charge on any atom is -0.445 e. The highest BCUT2D eigenvalue weighted by Gasteiger charge is 2.28. The van der Waals surface area contributed by atoms with Crippen LogP contribution in [0.1, 0.15) is 13.8 Å². The summed E-state index contributed by atoms with van der Waals surface area (Å²) in [5, 5.41) is 0. The van der Waals surface area contributed by atoms with Crippen LogP contribution in [0, 0.1) is 0 Å². The minimum absolute atomic E-state index is 0.0883. The maximum absolute atomic E-state index is 12.4. The van der Waals surface area contributed by atoms with E-state index in [1.165, 1.54) is 0 Å². The molecule has 0 saturated carbocycles. The number of rotatable bonds is 7. The standard InChI is InChI=1S/C10H21BF3N2/c1-6-16(10(3)8-15(4)5)7-9(2)11(12,13)14/h10H,2,6-8H2,1,3-5H3/q-1. The van der Waals surface area contributed by atoms with Gasteiger partial charge >= 0.3 is 6.98 Å². The Labute approximate surface area is 96.2 Å². The van der Waals surface area contributed by atoms with Crippen molar-refractivity contribution in [3.05, 3.63) is 12.1 Å². The van der Waals surface area contributed by atoms with Gasteiger partial charge in [0.15, 0.2) is 0 Å². The van der Waals surface area contributed by atoms with Crippen molar-refractivity contribution in [2.24, 2.45) is 0 Å². The van der Waals surface area contributed by atoms with Gasteiger partial charge < -0.3 is 17.8 Å². The monoisotopic (exact) mass is 237 g/mol. The van der Waals surface area contributed by atoms with Crippen LogP contribution < -0.4 is 0 Å². The van der Waals surface area contributed by atoms with Gasteiger partial charge in [-0.1, -0.05) is 6.92 Å². The molecule has 0 fully saturated rings. The van der Waals surface area contributed by atoms with Crippen LogP contribution in [-0.4, -0.2) is 56.5 Å². The predicted molar refractivity (Wildman–Crippen MR) is 63.5 cm³/mol. The molecule has 0 saturated heterocycles. The summed E-state index contributed by atoms with van der Waals surface area (Å²) in [4.78, 5) is 3.76. The minimum atomic E-state index is -4.91. The lowest BCUT2D eigenvalue weighted by molar-refractivity contribution is 0.195. The van der Waals surface area contributed by atoms with Crippen molar-refractivity contribution in [3.8, 4) is 0 Å². The molecule has 0 aliphatic rings. The third kappa shape index (κ3) is 5.56. The van der Waals surface area contributed by atoms with E-state index in [1.807, 2.05) is 32.8 Å². The fourth-order valence-corrected chi connectivity index (χ4v) is 1.59. The molecule has 0 rings (SSSR count). The normalized spacial score (nSPS) is 14.6. The molecular weight excluding hydrogens is 216 g/mol. The van der Waals surface area contributed by atoms with Gasteiger partial charge in [0.05, 0.1) is 0 Å². The first kappa shape index (κ1) is 15.5. The van der Waals surface area contributed by atoms with E-state index in [9.17, 15) is 12.9 Å². The van der Waals surface area contributed by atoms with E-state index < -0.39 is 12.4 Å². The second-order valence-corrected chi connectivity index (χ2v) is 4.41. The molecule has 1 unspecified atom stereocenters. The molecule has 0 bridgehead atoms. The third-order valence-corrected chi connectivity index (χ3v) is 2.53. The summed E-state index contributed by atoms with van der Waals surface area (Å²) in [6.07, 6.45) is 0. The SMILES string of the molecule is C=C(CN(CC)C(C)CN(C)C)[B-](F)(F)F. The lowest BCUT2D eigenvalue weighted by Crippen LogP contribution is -2.43. The molecule has 16 heavy (non-hydrogen) atoms. The van der Waals surface area contributed by atoms with Crippen LogP contribution in [0.2, 0.25) is 0 Å². The highest BCUT2D eigenvalue weighted by molar-refractivity contribution is 6.66. The summed E-state index contributed by atoms with van der Waals surface area (Å²) >= 11 is 0. The van der Waals surface area contributed by atoms with Gasteiger partial charge in [-0.3, -0.25) is 4.90 Å². The molecule has 0 aliphatic heterocycles. The number of hydrogen-bond donors (Lipinski definition) is 0. The first-order valence-electron chi connectivity index (χ1n) is 5.44. The molecule has 0 amide bonds. The van der Waals surface area contributed by atoms with Gasteiger partial charge in [0.2, 0.25) is 0 Å². The highest BCUT2D eigenvalue weighted by Crippen LogP contribution is 2.19. The predicted octanol–water partition coefficient (Wildman–Crippen LogP) is 2.20. The molecule has 2 nitrogen and oxygen atoms in total. The van der Waals surface area contributed by atoms with Crippen LogP contribution in [0.15, 0.2) is 12.1 Å². The fraction of sp³-hybridized carbons (Fsp3) is 0.800. The van der Waals surface area contributed by atoms with Crippen molar-refractivity contribution in [2.45, 2.75) is 19.9 Å². The molecule has 0 aliphatic carbocycles. The Bertz CT molecular complexity index is 229. The van der Waals surface area contributed by atoms with Crippen molar-refractivity contribution in [1.29, 1.82) is 0 Å². The quantitative estimate of drug-likeness (QED) is 0.626. The average Bonchev–Trinajstić information content (AvgIpc) is 2.10. The lowest BCUT2D eigenvalue weighted by Gasteiger charge is -2.33. The van der Waals surface area contributed by atoms with E-state index in [0.29, 0.717) is 6.54 Å². The average molecular weight is 237 g/mol. The van der Waals surface area contributed by atoms with Crippen LogP contribution in [0.5, 0.6) is 0 Å². The topological polar surface area (TPSA) is 6.48 Å². The summed E-state index contributed by atoms with van der Waals surface area (Å²) in [5.41, 5.74) is -0.618. The zero-order valence-corrected chi connectivity index (χ0v) is 10.5. The summed E-state index contributed by atoms with van der Waals surface area (Å²) in [5.74, 6) is 0. The number of halogens is 3. The van der Waals surface area contributed by atoms with Gasteiger partial charge in [-0.05, 0) is 34.1 Å². The van der Waals surface area contributed by atoms with Gasteiger partial charge in [0.25, 0.3) is 0 Å². The molecule has 96 valence electrons. The Morgan fingerprint density at radius 1 is 1.31 bits per heavy atom. The summed E-state index contributed by atoms with van der Waals surface area (Å²) in [7, 11) is 3.82. The van der Waals surface area contributed by atoms with Crippen molar-refractivity contribution in [3.63, 3.8) is 0 Å². The Morgan fingerprint density at radius 3 is 2.12 bits per heavy atom. The Balaban J connectivity index is 4.35. The van der Waals surface area contributed by atoms with E-state index in [2.05, 4.69) is 6.58 Å². The molecule has 0 aromatic carbocycles. The van der Waals surface area contributed by atoms with E-state index in [0.717, 1.165) is 6.54 Å². The second kappa shape index (κ2) is 6.30. The first-order chi connectivity index (χ1) is 7.18. The van der Waals surface area contributed by atoms with Crippen LogP contribution in [0.3, 0.4) is 0 Å². The molecule has 0 aromatic rings. The van der Waals surface area contributed by atoms with E-state index in [-0.39, 0.29) is 12.6 Å². The molecule has 0 spiro atoms. The molecule has 0 aromatic heterocycles. The van der Waals surface area contributed by atoms with Crippen molar-refractivity contribution in [2.75, 3.05) is 33.7 Å². The maximum atomic E-state index is 12.4. The largest absolute Gasteiger partial charge is 0.506 e. The van der Waals surface area contributed by atoms with Crippen LogP contribution >= 0.6 is 0 Å². The van der Waals surface area contributed by atoms with Gasteiger partial charge in [-0.25, -0.2) is 0 Å². The van der Waals surface area contributed by atoms with Gasteiger partial charge in [0, 0.05) is 12.6 Å². The Kier molecular flexibility index (Phi) is 6.11. The lowest BCUT2D eigenvalue weighted by atomic mass is 9.80. The maximum Gasteiger partial charge on any atom is 0.506 e. The first-order valence-corrected chi connectivity index (χ1v) is 5.44. The smallest absolute Gasteiger partial charge is 0.445 e.